The molecule has 0 N–H and O–H groups in total. The molecule has 25 heavy (non-hydrogen) atoms. The molecule has 8 heteroatoms. The number of aryl methyl sites for hydroxylation is 1. The highest BCUT2D eigenvalue weighted by molar-refractivity contribution is 6.00. The normalized spacial score (nSPS) is 17.8. The Morgan fingerprint density at radius 3 is 2.96 bits per heavy atom. The summed E-state index contributed by atoms with van der Waals surface area (Å²) < 4.78 is 6.94. The first-order chi connectivity index (χ1) is 12.0. The zero-order chi connectivity index (χ0) is 17.6. The van der Waals surface area contributed by atoms with Gasteiger partial charge >= 0.3 is 0 Å². The highest BCUT2D eigenvalue weighted by atomic mass is 16.5. The molecule has 1 fully saturated rings. The van der Waals surface area contributed by atoms with Gasteiger partial charge < -0.3 is 9.42 Å². The second-order valence-corrected chi connectivity index (χ2v) is 6.70. The number of aromatic nitrogens is 5. The van der Waals surface area contributed by atoms with Gasteiger partial charge in [0.25, 0.3) is 5.91 Å². The molecule has 130 valence electrons. The molecule has 0 aliphatic carbocycles. The van der Waals surface area contributed by atoms with E-state index in [1.807, 2.05) is 33.0 Å². The first-order valence-electron chi connectivity index (χ1n) is 8.50. The summed E-state index contributed by atoms with van der Waals surface area (Å²) in [5.74, 6) is 1.25. The lowest BCUT2D eigenvalue weighted by atomic mass is 10.2. The molecule has 0 spiro atoms. The Hall–Kier alpha value is -2.77. The number of rotatable bonds is 3. The second kappa shape index (κ2) is 5.94. The highest BCUT2D eigenvalue weighted by Crippen LogP contribution is 2.32. The molecule has 1 saturated heterocycles. The number of nitrogens with zero attached hydrogens (tertiary/aromatic N) is 6. The first kappa shape index (κ1) is 15.7. The van der Waals surface area contributed by atoms with E-state index >= 15 is 0 Å². The highest BCUT2D eigenvalue weighted by Gasteiger charge is 2.35. The van der Waals surface area contributed by atoms with Crippen LogP contribution in [0.5, 0.6) is 0 Å². The van der Waals surface area contributed by atoms with Gasteiger partial charge in [-0.05, 0) is 25.8 Å². The zero-order valence-electron chi connectivity index (χ0n) is 14.5. The maximum atomic E-state index is 13.1. The third kappa shape index (κ3) is 2.67. The molecule has 1 amide bonds. The van der Waals surface area contributed by atoms with E-state index in [2.05, 4.69) is 20.2 Å². The maximum absolute atomic E-state index is 13.1. The molecule has 4 rings (SSSR count). The van der Waals surface area contributed by atoms with Crippen LogP contribution in [-0.4, -0.2) is 42.1 Å². The standard InChI is InChI=1S/C17H20N6O2/c1-10(2)16-20-14(21-25-16)13-5-4-7-22(13)17(24)12-9-18-23-8-6-11(3)19-15(12)23/h6,8-10,13H,4-5,7H2,1-3H3. The second-order valence-electron chi connectivity index (χ2n) is 6.70. The van der Waals surface area contributed by atoms with E-state index in [1.54, 1.807) is 15.6 Å². The Morgan fingerprint density at radius 2 is 2.20 bits per heavy atom. The van der Waals surface area contributed by atoms with Crippen LogP contribution in [0.4, 0.5) is 0 Å². The number of amides is 1. The minimum atomic E-state index is -0.163. The van der Waals surface area contributed by atoms with E-state index in [0.29, 0.717) is 29.5 Å². The third-order valence-electron chi connectivity index (χ3n) is 4.50. The topological polar surface area (TPSA) is 89.4 Å². The largest absolute Gasteiger partial charge is 0.339 e. The Labute approximate surface area is 144 Å². The molecule has 8 nitrogen and oxygen atoms in total. The van der Waals surface area contributed by atoms with Crippen molar-refractivity contribution in [1.82, 2.24) is 29.6 Å². The summed E-state index contributed by atoms with van der Waals surface area (Å²) in [6, 6.07) is 1.70. The van der Waals surface area contributed by atoms with Gasteiger partial charge in [0.15, 0.2) is 11.5 Å². The number of likely N-dealkylation sites (tertiary alicyclic amines) is 1. The van der Waals surface area contributed by atoms with Gasteiger partial charge in [0.2, 0.25) is 5.89 Å². The Kier molecular flexibility index (Phi) is 3.74. The van der Waals surface area contributed by atoms with Gasteiger partial charge in [-0.3, -0.25) is 4.79 Å². The molecule has 4 heterocycles. The molecule has 1 aliphatic rings. The maximum Gasteiger partial charge on any atom is 0.259 e. The van der Waals surface area contributed by atoms with Crippen molar-refractivity contribution in [3.63, 3.8) is 0 Å². The van der Waals surface area contributed by atoms with E-state index in [0.717, 1.165) is 18.5 Å². The van der Waals surface area contributed by atoms with Crippen molar-refractivity contribution in [2.45, 2.75) is 45.6 Å². The lowest BCUT2D eigenvalue weighted by molar-refractivity contribution is 0.0730. The summed E-state index contributed by atoms with van der Waals surface area (Å²) in [6.45, 7) is 6.56. The van der Waals surface area contributed by atoms with E-state index in [-0.39, 0.29) is 17.9 Å². The van der Waals surface area contributed by atoms with Gasteiger partial charge in [0.05, 0.1) is 12.2 Å². The third-order valence-corrected chi connectivity index (χ3v) is 4.50. The van der Waals surface area contributed by atoms with Crippen molar-refractivity contribution in [1.29, 1.82) is 0 Å². The van der Waals surface area contributed by atoms with Gasteiger partial charge in [-0.15, -0.1) is 0 Å². The molecule has 3 aromatic heterocycles. The minimum absolute atomic E-state index is 0.0912. The van der Waals surface area contributed by atoms with E-state index < -0.39 is 0 Å². The van der Waals surface area contributed by atoms with Crippen LogP contribution in [0.25, 0.3) is 5.65 Å². The smallest absolute Gasteiger partial charge is 0.259 e. The van der Waals surface area contributed by atoms with Crippen molar-refractivity contribution in [3.05, 3.63) is 41.4 Å². The summed E-state index contributed by atoms with van der Waals surface area (Å²) in [5, 5.41) is 8.33. The van der Waals surface area contributed by atoms with E-state index in [9.17, 15) is 4.79 Å². The van der Waals surface area contributed by atoms with Crippen LogP contribution in [0.15, 0.2) is 23.0 Å². The Morgan fingerprint density at radius 1 is 1.36 bits per heavy atom. The summed E-state index contributed by atoms with van der Waals surface area (Å²) >= 11 is 0. The molecule has 1 atom stereocenters. The van der Waals surface area contributed by atoms with Crippen LogP contribution in [0.3, 0.4) is 0 Å². The zero-order valence-corrected chi connectivity index (χ0v) is 14.5. The van der Waals surface area contributed by atoms with Gasteiger partial charge in [0.1, 0.15) is 5.56 Å². The fourth-order valence-corrected chi connectivity index (χ4v) is 3.16. The Balaban J connectivity index is 1.67. The average molecular weight is 340 g/mol. The molecule has 1 aliphatic heterocycles. The van der Waals surface area contributed by atoms with Crippen LogP contribution >= 0.6 is 0 Å². The fraction of sp³-hybridized carbons (Fsp3) is 0.471. The number of carbonyl (C=O) groups excluding carboxylic acids is 1. The van der Waals surface area contributed by atoms with E-state index in [4.69, 9.17) is 4.52 Å². The lowest BCUT2D eigenvalue weighted by Crippen LogP contribution is -2.31. The minimum Gasteiger partial charge on any atom is -0.339 e. The molecule has 3 aromatic rings. The number of fused-ring (bicyclic) bond motifs is 1. The monoisotopic (exact) mass is 340 g/mol. The van der Waals surface area contributed by atoms with Crippen molar-refractivity contribution >= 4 is 11.6 Å². The van der Waals surface area contributed by atoms with Crippen molar-refractivity contribution in [2.75, 3.05) is 6.54 Å². The van der Waals surface area contributed by atoms with Gasteiger partial charge in [0, 0.05) is 24.4 Å². The van der Waals surface area contributed by atoms with Crippen molar-refractivity contribution < 1.29 is 9.32 Å². The Bertz CT molecular complexity index is 928. The number of carbonyl (C=O) groups is 1. The molecule has 0 aromatic carbocycles. The van der Waals surface area contributed by atoms with Crippen LogP contribution < -0.4 is 0 Å². The predicted molar refractivity (Wildman–Crippen MR) is 89.1 cm³/mol. The lowest BCUT2D eigenvalue weighted by Gasteiger charge is -2.21. The fourth-order valence-electron chi connectivity index (χ4n) is 3.16. The molecule has 0 radical (unpaired) electrons. The molecule has 0 bridgehead atoms. The van der Waals surface area contributed by atoms with Crippen LogP contribution in [0.1, 0.15) is 66.4 Å². The summed E-state index contributed by atoms with van der Waals surface area (Å²) in [4.78, 5) is 23.8. The van der Waals surface area contributed by atoms with Crippen LogP contribution in [0, 0.1) is 6.92 Å². The van der Waals surface area contributed by atoms with E-state index in [1.165, 1.54) is 0 Å². The number of hydrogen-bond donors (Lipinski definition) is 0. The molecular formula is C17H20N6O2. The number of hydrogen-bond acceptors (Lipinski definition) is 6. The predicted octanol–water partition coefficient (Wildman–Crippen LogP) is 2.52. The SMILES string of the molecule is Cc1ccn2ncc(C(=O)N3CCCC3c3noc(C(C)C)n3)c2n1. The van der Waals surface area contributed by atoms with Crippen LogP contribution in [-0.2, 0) is 0 Å². The summed E-state index contributed by atoms with van der Waals surface area (Å²) in [5.41, 5.74) is 1.93. The molecule has 0 saturated carbocycles. The summed E-state index contributed by atoms with van der Waals surface area (Å²) in [7, 11) is 0. The van der Waals surface area contributed by atoms with Crippen molar-refractivity contribution in [2.24, 2.45) is 0 Å². The first-order valence-corrected chi connectivity index (χ1v) is 8.50. The van der Waals surface area contributed by atoms with Gasteiger partial charge in [-0.1, -0.05) is 19.0 Å². The summed E-state index contributed by atoms with van der Waals surface area (Å²) in [6.07, 6.45) is 5.13. The molecule has 1 unspecified atom stereocenters. The average Bonchev–Trinajstić information content (AvgIpc) is 3.31. The quantitative estimate of drug-likeness (QED) is 0.728. The van der Waals surface area contributed by atoms with Crippen molar-refractivity contribution in [3.8, 4) is 0 Å². The van der Waals surface area contributed by atoms with Crippen LogP contribution in [0.2, 0.25) is 0 Å². The van der Waals surface area contributed by atoms with Gasteiger partial charge in [-0.2, -0.15) is 10.1 Å². The van der Waals surface area contributed by atoms with Gasteiger partial charge in [-0.25, -0.2) is 9.50 Å². The molecular weight excluding hydrogens is 320 g/mol.